The van der Waals surface area contributed by atoms with Crippen LogP contribution in [0.2, 0.25) is 0 Å². The van der Waals surface area contributed by atoms with Crippen LogP contribution in [0.1, 0.15) is 22.6 Å². The summed E-state index contributed by atoms with van der Waals surface area (Å²) in [6.45, 7) is 0.519. The van der Waals surface area contributed by atoms with E-state index in [-0.39, 0.29) is 18.0 Å². The van der Waals surface area contributed by atoms with Gasteiger partial charge in [-0.3, -0.25) is 9.59 Å². The van der Waals surface area contributed by atoms with Gasteiger partial charge >= 0.3 is 0 Å². The van der Waals surface area contributed by atoms with E-state index in [4.69, 9.17) is 11.5 Å². The highest BCUT2D eigenvalue weighted by molar-refractivity contribution is 5.99. The molecule has 0 aliphatic rings. The van der Waals surface area contributed by atoms with E-state index in [1.807, 2.05) is 30.3 Å². The van der Waals surface area contributed by atoms with E-state index in [1.165, 1.54) is 6.20 Å². The van der Waals surface area contributed by atoms with Gasteiger partial charge in [-0.1, -0.05) is 30.3 Å². The Morgan fingerprint density at radius 3 is 2.60 bits per heavy atom. The average Bonchev–Trinajstić information content (AvgIpc) is 2.86. The fourth-order valence-electron chi connectivity index (χ4n) is 1.92. The van der Waals surface area contributed by atoms with Gasteiger partial charge < -0.3 is 16.0 Å². The first kappa shape index (κ1) is 14.0. The van der Waals surface area contributed by atoms with Crippen LogP contribution in [0.5, 0.6) is 0 Å². The fourth-order valence-corrected chi connectivity index (χ4v) is 1.92. The first-order chi connectivity index (χ1) is 9.58. The SMILES string of the molecule is NC(=O)C[C@@H](N)C(=O)c1nccn1Cc1ccccc1. The molecule has 0 bridgehead atoms. The number of imidazole rings is 1. The van der Waals surface area contributed by atoms with Gasteiger partial charge in [-0.15, -0.1) is 0 Å². The van der Waals surface area contributed by atoms with Crippen LogP contribution in [0.15, 0.2) is 42.7 Å². The average molecular weight is 272 g/mol. The maximum Gasteiger partial charge on any atom is 0.219 e. The van der Waals surface area contributed by atoms with Crippen molar-refractivity contribution in [3.8, 4) is 0 Å². The van der Waals surface area contributed by atoms with Crippen molar-refractivity contribution in [3.63, 3.8) is 0 Å². The molecule has 2 aromatic rings. The number of Topliss-reactive ketones (excluding diaryl/α,β-unsaturated/α-hetero) is 1. The molecule has 2 rings (SSSR count). The maximum atomic E-state index is 12.1. The van der Waals surface area contributed by atoms with Crippen LogP contribution < -0.4 is 11.5 Å². The number of carbonyl (C=O) groups excluding carboxylic acids is 2. The Labute approximate surface area is 116 Å². The summed E-state index contributed by atoms with van der Waals surface area (Å²) in [4.78, 5) is 27.0. The van der Waals surface area contributed by atoms with Gasteiger partial charge in [0, 0.05) is 25.4 Å². The van der Waals surface area contributed by atoms with E-state index in [2.05, 4.69) is 4.98 Å². The van der Waals surface area contributed by atoms with Crippen LogP contribution >= 0.6 is 0 Å². The fraction of sp³-hybridized carbons (Fsp3) is 0.214. The summed E-state index contributed by atoms with van der Waals surface area (Å²) in [7, 11) is 0. The van der Waals surface area contributed by atoms with Crippen molar-refractivity contribution in [3.05, 3.63) is 54.1 Å². The minimum atomic E-state index is -0.954. The van der Waals surface area contributed by atoms with Gasteiger partial charge in [0.1, 0.15) is 0 Å². The summed E-state index contributed by atoms with van der Waals surface area (Å²) in [6.07, 6.45) is 3.06. The predicted molar refractivity (Wildman–Crippen MR) is 73.9 cm³/mol. The maximum absolute atomic E-state index is 12.1. The van der Waals surface area contributed by atoms with Crippen molar-refractivity contribution in [1.29, 1.82) is 0 Å². The number of benzene rings is 1. The van der Waals surface area contributed by atoms with Gasteiger partial charge in [0.05, 0.1) is 6.04 Å². The van der Waals surface area contributed by atoms with E-state index in [9.17, 15) is 9.59 Å². The molecule has 0 unspecified atom stereocenters. The number of amides is 1. The zero-order valence-corrected chi connectivity index (χ0v) is 10.9. The van der Waals surface area contributed by atoms with Crippen LogP contribution in [-0.4, -0.2) is 27.3 Å². The molecule has 1 aromatic carbocycles. The van der Waals surface area contributed by atoms with Gasteiger partial charge in [-0.05, 0) is 5.56 Å². The smallest absolute Gasteiger partial charge is 0.219 e. The number of rotatable bonds is 6. The Hall–Kier alpha value is -2.47. The third-order valence-electron chi connectivity index (χ3n) is 2.89. The first-order valence-corrected chi connectivity index (χ1v) is 6.21. The minimum absolute atomic E-state index is 0.184. The van der Waals surface area contributed by atoms with Crippen LogP contribution in [0, 0.1) is 0 Å². The molecule has 4 N–H and O–H groups in total. The molecule has 0 aliphatic carbocycles. The summed E-state index contributed by atoms with van der Waals surface area (Å²) in [5, 5.41) is 0. The van der Waals surface area contributed by atoms with Crippen LogP contribution in [-0.2, 0) is 11.3 Å². The van der Waals surface area contributed by atoms with E-state index >= 15 is 0 Å². The number of nitrogens with two attached hydrogens (primary N) is 2. The Morgan fingerprint density at radius 2 is 1.95 bits per heavy atom. The second-order valence-corrected chi connectivity index (χ2v) is 4.51. The Morgan fingerprint density at radius 1 is 1.25 bits per heavy atom. The number of aromatic nitrogens is 2. The summed E-state index contributed by atoms with van der Waals surface area (Å²) < 4.78 is 1.71. The van der Waals surface area contributed by atoms with E-state index in [1.54, 1.807) is 10.8 Å². The number of hydrogen-bond acceptors (Lipinski definition) is 4. The summed E-state index contributed by atoms with van der Waals surface area (Å²) in [6, 6.07) is 8.73. The third-order valence-corrected chi connectivity index (χ3v) is 2.89. The topological polar surface area (TPSA) is 104 Å². The molecule has 1 heterocycles. The molecule has 104 valence electrons. The van der Waals surface area contributed by atoms with Gasteiger partial charge in [-0.2, -0.15) is 0 Å². The van der Waals surface area contributed by atoms with E-state index in [0.717, 1.165) is 5.56 Å². The lowest BCUT2D eigenvalue weighted by Crippen LogP contribution is -2.36. The molecule has 6 heteroatoms. The summed E-state index contributed by atoms with van der Waals surface area (Å²) in [5.74, 6) is -0.751. The predicted octanol–water partition coefficient (Wildman–Crippen LogP) is 0.317. The van der Waals surface area contributed by atoms with Gasteiger partial charge in [0.25, 0.3) is 0 Å². The largest absolute Gasteiger partial charge is 0.370 e. The lowest BCUT2D eigenvalue weighted by Gasteiger charge is -2.10. The standard InChI is InChI=1S/C14H16N4O2/c15-11(8-12(16)19)13(20)14-17-6-7-18(14)9-10-4-2-1-3-5-10/h1-7,11H,8-9,15H2,(H2,16,19)/t11-/m1/s1. The summed E-state index contributed by atoms with van der Waals surface area (Å²) >= 11 is 0. The summed E-state index contributed by atoms with van der Waals surface area (Å²) in [5.41, 5.74) is 11.8. The highest BCUT2D eigenvalue weighted by atomic mass is 16.1. The lowest BCUT2D eigenvalue weighted by molar-refractivity contribution is -0.118. The first-order valence-electron chi connectivity index (χ1n) is 6.21. The zero-order chi connectivity index (χ0) is 14.5. The van der Waals surface area contributed by atoms with Crippen molar-refractivity contribution in [2.75, 3.05) is 0 Å². The lowest BCUT2D eigenvalue weighted by atomic mass is 10.1. The third kappa shape index (κ3) is 3.30. The number of primary amides is 1. The van der Waals surface area contributed by atoms with Crippen LogP contribution in [0.4, 0.5) is 0 Å². The molecule has 0 saturated heterocycles. The molecule has 6 nitrogen and oxygen atoms in total. The zero-order valence-electron chi connectivity index (χ0n) is 10.9. The monoisotopic (exact) mass is 272 g/mol. The van der Waals surface area contributed by atoms with Crippen LogP contribution in [0.25, 0.3) is 0 Å². The molecule has 0 saturated carbocycles. The normalized spacial score (nSPS) is 12.1. The van der Waals surface area contributed by atoms with E-state index in [0.29, 0.717) is 6.54 Å². The quantitative estimate of drug-likeness (QED) is 0.739. The number of ketones is 1. The molecule has 1 atom stereocenters. The van der Waals surface area contributed by atoms with Crippen molar-refractivity contribution in [2.45, 2.75) is 19.0 Å². The number of nitrogens with zero attached hydrogens (tertiary/aromatic N) is 2. The van der Waals surface area contributed by atoms with Crippen molar-refractivity contribution < 1.29 is 9.59 Å². The van der Waals surface area contributed by atoms with E-state index < -0.39 is 11.9 Å². The second-order valence-electron chi connectivity index (χ2n) is 4.51. The van der Waals surface area contributed by atoms with Crippen molar-refractivity contribution in [1.82, 2.24) is 9.55 Å². The van der Waals surface area contributed by atoms with Crippen molar-refractivity contribution in [2.24, 2.45) is 11.5 Å². The molecule has 1 aromatic heterocycles. The Bertz CT molecular complexity index is 607. The molecule has 0 radical (unpaired) electrons. The molecular formula is C14H16N4O2. The van der Waals surface area contributed by atoms with Gasteiger partial charge in [0.2, 0.25) is 11.7 Å². The van der Waals surface area contributed by atoms with Gasteiger partial charge in [0.15, 0.2) is 5.82 Å². The molecule has 20 heavy (non-hydrogen) atoms. The minimum Gasteiger partial charge on any atom is -0.370 e. The highest BCUT2D eigenvalue weighted by Crippen LogP contribution is 2.08. The van der Waals surface area contributed by atoms with Crippen LogP contribution in [0.3, 0.4) is 0 Å². The number of hydrogen-bond donors (Lipinski definition) is 2. The molecule has 0 spiro atoms. The second kappa shape index (κ2) is 6.12. The Kier molecular flexibility index (Phi) is 4.27. The van der Waals surface area contributed by atoms with Crippen molar-refractivity contribution >= 4 is 11.7 Å². The Balaban J connectivity index is 2.16. The molecule has 1 amide bonds. The highest BCUT2D eigenvalue weighted by Gasteiger charge is 2.22. The molecular weight excluding hydrogens is 256 g/mol. The molecule has 0 aliphatic heterocycles. The van der Waals surface area contributed by atoms with Gasteiger partial charge in [-0.25, -0.2) is 4.98 Å². The molecule has 0 fully saturated rings. The number of carbonyl (C=O) groups is 2.